The van der Waals surface area contributed by atoms with E-state index in [1.165, 1.54) is 0 Å². The van der Waals surface area contributed by atoms with E-state index >= 15 is 0 Å². The maximum absolute atomic E-state index is 12.6. The zero-order valence-corrected chi connectivity index (χ0v) is 19.3. The van der Waals surface area contributed by atoms with Gasteiger partial charge in [0.1, 0.15) is 0 Å². The summed E-state index contributed by atoms with van der Waals surface area (Å²) in [5, 5.41) is 13.9. The van der Waals surface area contributed by atoms with Gasteiger partial charge in [-0.25, -0.2) is 0 Å². The van der Waals surface area contributed by atoms with Crippen LogP contribution in [-0.4, -0.2) is 58.6 Å². The van der Waals surface area contributed by atoms with Gasteiger partial charge < -0.3 is 15.1 Å². The monoisotopic (exact) mass is 443 g/mol. The average Bonchev–Trinajstić information content (AvgIpc) is 3.62. The molecule has 1 aliphatic heterocycles. The summed E-state index contributed by atoms with van der Waals surface area (Å²) in [5.74, 6) is 0.953. The smallest absolute Gasteiger partial charge is 0.251 e. The minimum atomic E-state index is -0.00798. The molecule has 2 fully saturated rings. The fraction of sp³-hybridized carbons (Fsp3) is 0.385. The van der Waals surface area contributed by atoms with Gasteiger partial charge in [-0.15, -0.1) is 5.10 Å². The molecule has 1 saturated carbocycles. The first kappa shape index (κ1) is 21.4. The van der Waals surface area contributed by atoms with Crippen LogP contribution in [-0.2, 0) is 4.79 Å². The van der Waals surface area contributed by atoms with Gasteiger partial charge in [-0.05, 0) is 67.6 Å². The number of carbonyl (C=O) groups excluding carboxylic acids is 2. The summed E-state index contributed by atoms with van der Waals surface area (Å²) in [7, 11) is 0. The molecule has 0 unspecified atom stereocenters. The van der Waals surface area contributed by atoms with Crippen LogP contribution in [0.15, 0.2) is 42.6 Å². The van der Waals surface area contributed by atoms with Crippen LogP contribution in [0.25, 0.3) is 21.9 Å². The molecule has 33 heavy (non-hydrogen) atoms. The largest absolute Gasteiger partial charge is 0.349 e. The topological polar surface area (TPSA) is 78.4 Å². The molecule has 1 aliphatic carbocycles. The third kappa shape index (κ3) is 4.27. The zero-order chi connectivity index (χ0) is 23.1. The molecule has 2 amide bonds. The van der Waals surface area contributed by atoms with Crippen LogP contribution in [0.5, 0.6) is 0 Å². The molecule has 7 nitrogen and oxygen atoms in total. The molecule has 7 heteroatoms. The minimum Gasteiger partial charge on any atom is -0.349 e. The summed E-state index contributed by atoms with van der Waals surface area (Å²) < 4.78 is 0. The Morgan fingerprint density at radius 3 is 2.64 bits per heavy atom. The number of hydrogen-bond donors (Lipinski definition) is 1. The van der Waals surface area contributed by atoms with E-state index in [0.29, 0.717) is 24.7 Å². The second kappa shape index (κ2) is 8.46. The fourth-order valence-electron chi connectivity index (χ4n) is 4.58. The van der Waals surface area contributed by atoms with Crippen molar-refractivity contribution < 1.29 is 9.59 Å². The number of rotatable bonds is 4. The summed E-state index contributed by atoms with van der Waals surface area (Å²) >= 11 is 0. The highest BCUT2D eigenvalue weighted by Gasteiger charge is 2.27. The average molecular weight is 444 g/mol. The SMILES string of the molecule is CC(=O)N1CCN(c2nncc3cc(-c4cc(C(=O)NC5CC5)ccc4C)ccc23)[C@@H](C)C1. The summed E-state index contributed by atoms with van der Waals surface area (Å²) in [6.07, 6.45) is 3.93. The number of benzene rings is 2. The van der Waals surface area contributed by atoms with Crippen molar-refractivity contribution >= 4 is 28.4 Å². The molecule has 3 aromatic rings. The highest BCUT2D eigenvalue weighted by Crippen LogP contribution is 2.32. The van der Waals surface area contributed by atoms with Gasteiger partial charge in [0.15, 0.2) is 5.82 Å². The third-order valence-corrected chi connectivity index (χ3v) is 6.71. The van der Waals surface area contributed by atoms with E-state index in [4.69, 9.17) is 0 Å². The summed E-state index contributed by atoms with van der Waals surface area (Å²) in [4.78, 5) is 28.5. The third-order valence-electron chi connectivity index (χ3n) is 6.71. The lowest BCUT2D eigenvalue weighted by atomic mass is 9.96. The molecule has 1 atom stereocenters. The molecule has 1 saturated heterocycles. The molecular weight excluding hydrogens is 414 g/mol. The number of anilines is 1. The Morgan fingerprint density at radius 2 is 1.91 bits per heavy atom. The van der Waals surface area contributed by atoms with Gasteiger partial charge >= 0.3 is 0 Å². The van der Waals surface area contributed by atoms with Gasteiger partial charge in [-0.2, -0.15) is 5.10 Å². The van der Waals surface area contributed by atoms with E-state index in [9.17, 15) is 9.59 Å². The van der Waals surface area contributed by atoms with Crippen LogP contribution in [0, 0.1) is 6.92 Å². The lowest BCUT2D eigenvalue weighted by Crippen LogP contribution is -2.53. The zero-order valence-electron chi connectivity index (χ0n) is 19.3. The van der Waals surface area contributed by atoms with Crippen LogP contribution in [0.1, 0.15) is 42.6 Å². The van der Waals surface area contributed by atoms with Crippen molar-refractivity contribution in [3.63, 3.8) is 0 Å². The molecule has 0 spiro atoms. The Morgan fingerprint density at radius 1 is 1.09 bits per heavy atom. The lowest BCUT2D eigenvalue weighted by molar-refractivity contribution is -0.129. The molecule has 0 bridgehead atoms. The standard InChI is InChI=1S/C26H29N5O2/c1-16-4-5-20(26(33)28-22-7-8-22)13-24(16)19-6-9-23-21(12-19)14-27-29-25(23)31-11-10-30(18(3)32)15-17(31)2/h4-6,9,12-14,17,22H,7-8,10-11,15H2,1-3H3,(H,28,33)/t17-/m0/s1. The molecule has 170 valence electrons. The van der Waals surface area contributed by atoms with E-state index in [2.05, 4.69) is 52.5 Å². The number of aromatic nitrogens is 2. The highest BCUT2D eigenvalue weighted by atomic mass is 16.2. The number of piperazine rings is 1. The van der Waals surface area contributed by atoms with Gasteiger partial charge in [0, 0.05) is 55.0 Å². The Hall–Kier alpha value is -3.48. The van der Waals surface area contributed by atoms with E-state index in [1.807, 2.05) is 23.1 Å². The van der Waals surface area contributed by atoms with Crippen molar-refractivity contribution in [1.29, 1.82) is 0 Å². The number of nitrogens with one attached hydrogen (secondary N) is 1. The highest BCUT2D eigenvalue weighted by molar-refractivity contribution is 5.98. The predicted octanol–water partition coefficient (Wildman–Crippen LogP) is 3.55. The normalized spacial score (nSPS) is 18.5. The number of amides is 2. The number of hydrogen-bond acceptors (Lipinski definition) is 5. The Bertz CT molecular complexity index is 1240. The maximum atomic E-state index is 12.6. The second-order valence-corrected chi connectivity index (χ2v) is 9.26. The number of carbonyl (C=O) groups is 2. The molecule has 2 aliphatic rings. The molecular formula is C26H29N5O2. The summed E-state index contributed by atoms with van der Waals surface area (Å²) in [6, 6.07) is 12.7. The lowest BCUT2D eigenvalue weighted by Gasteiger charge is -2.40. The van der Waals surface area contributed by atoms with Gasteiger partial charge in [-0.1, -0.05) is 12.1 Å². The van der Waals surface area contributed by atoms with Crippen molar-refractivity contribution in [1.82, 2.24) is 20.4 Å². The Kier molecular flexibility index (Phi) is 5.48. The molecule has 1 aromatic heterocycles. The summed E-state index contributed by atoms with van der Waals surface area (Å²) in [5.41, 5.74) is 3.90. The maximum Gasteiger partial charge on any atom is 0.251 e. The molecule has 2 aromatic carbocycles. The van der Waals surface area contributed by atoms with Crippen LogP contribution < -0.4 is 10.2 Å². The van der Waals surface area contributed by atoms with Crippen molar-refractivity contribution in [3.8, 4) is 11.1 Å². The Labute approximate surface area is 193 Å². The number of fused-ring (bicyclic) bond motifs is 1. The first-order valence-corrected chi connectivity index (χ1v) is 11.6. The van der Waals surface area contributed by atoms with Crippen LogP contribution in [0.3, 0.4) is 0 Å². The summed E-state index contributed by atoms with van der Waals surface area (Å²) in [6.45, 7) is 7.90. The number of aryl methyl sites for hydroxylation is 1. The second-order valence-electron chi connectivity index (χ2n) is 9.26. The van der Waals surface area contributed by atoms with Gasteiger partial charge in [0.2, 0.25) is 5.91 Å². The van der Waals surface area contributed by atoms with Crippen molar-refractivity contribution in [2.45, 2.75) is 45.7 Å². The first-order valence-electron chi connectivity index (χ1n) is 11.6. The van der Waals surface area contributed by atoms with E-state index in [-0.39, 0.29) is 17.9 Å². The van der Waals surface area contributed by atoms with Crippen molar-refractivity contribution in [2.75, 3.05) is 24.5 Å². The van der Waals surface area contributed by atoms with E-state index < -0.39 is 0 Å². The van der Waals surface area contributed by atoms with Gasteiger partial charge in [-0.3, -0.25) is 9.59 Å². The van der Waals surface area contributed by atoms with Gasteiger partial charge in [0.25, 0.3) is 5.91 Å². The molecule has 2 heterocycles. The van der Waals surface area contributed by atoms with Crippen LogP contribution in [0.4, 0.5) is 5.82 Å². The fourth-order valence-corrected chi connectivity index (χ4v) is 4.58. The molecule has 5 rings (SSSR count). The number of nitrogens with zero attached hydrogens (tertiary/aromatic N) is 4. The quantitative estimate of drug-likeness (QED) is 0.667. The van der Waals surface area contributed by atoms with Crippen molar-refractivity contribution in [2.24, 2.45) is 0 Å². The van der Waals surface area contributed by atoms with Crippen LogP contribution in [0.2, 0.25) is 0 Å². The van der Waals surface area contributed by atoms with Crippen LogP contribution >= 0.6 is 0 Å². The molecule has 1 N–H and O–H groups in total. The Balaban J connectivity index is 1.47. The van der Waals surface area contributed by atoms with Crippen molar-refractivity contribution in [3.05, 3.63) is 53.7 Å². The van der Waals surface area contributed by atoms with E-state index in [1.54, 1.807) is 13.1 Å². The molecule has 0 radical (unpaired) electrons. The van der Waals surface area contributed by atoms with Gasteiger partial charge in [0.05, 0.1) is 6.20 Å². The van der Waals surface area contributed by atoms with E-state index in [0.717, 1.165) is 52.7 Å². The minimum absolute atomic E-state index is 0.00798. The first-order chi connectivity index (χ1) is 15.9. The predicted molar refractivity (Wildman–Crippen MR) is 129 cm³/mol.